The van der Waals surface area contributed by atoms with E-state index < -0.39 is 17.3 Å². The second-order valence-electron chi connectivity index (χ2n) is 12.6. The molecule has 1 amide bonds. The number of aliphatic carboxylic acids is 1. The lowest BCUT2D eigenvalue weighted by molar-refractivity contribution is -0.945. The second-order valence-corrected chi connectivity index (χ2v) is 14.6. The average Bonchev–Trinajstić information content (AvgIpc) is 3.76. The van der Waals surface area contributed by atoms with E-state index in [1.165, 1.54) is 13.8 Å². The number of ketones is 1. The Morgan fingerprint density at radius 1 is 1.30 bits per heavy atom. The van der Waals surface area contributed by atoms with Crippen molar-refractivity contribution in [1.82, 2.24) is 30.5 Å². The van der Waals surface area contributed by atoms with Crippen LogP contribution in [0.4, 0.5) is 5.13 Å². The molecule has 3 fully saturated rings. The van der Waals surface area contributed by atoms with Gasteiger partial charge in [-0.3, -0.25) is 34.6 Å². The van der Waals surface area contributed by atoms with Crippen LogP contribution in [-0.4, -0.2) is 108 Å². The maximum Gasteiger partial charge on any atom is 0.310 e. The molecule has 3 saturated heterocycles. The van der Waals surface area contributed by atoms with Crippen LogP contribution < -0.4 is 16.6 Å². The van der Waals surface area contributed by atoms with E-state index in [1.54, 1.807) is 22.0 Å². The fourth-order valence-electron chi connectivity index (χ4n) is 7.24. The van der Waals surface area contributed by atoms with Crippen LogP contribution in [-0.2, 0) is 14.4 Å². The molecule has 16 heteroatoms. The summed E-state index contributed by atoms with van der Waals surface area (Å²) in [5.41, 5.74) is 13.2. The van der Waals surface area contributed by atoms with Crippen molar-refractivity contribution in [1.29, 1.82) is 0 Å². The Morgan fingerprint density at radius 3 is 2.65 bits per heavy atom. The Kier molecular flexibility index (Phi) is 7.67. The molecule has 0 saturated carbocycles. The number of amides is 1. The number of aliphatic imine (C=N–C) groups is 1. The van der Waals surface area contributed by atoms with E-state index in [9.17, 15) is 19.5 Å². The number of Topliss-reactive ketones (excluding diaryl/α,β-unsaturated/α-hetero) is 1. The van der Waals surface area contributed by atoms with E-state index >= 15 is 0 Å². The van der Waals surface area contributed by atoms with Crippen LogP contribution >= 0.6 is 23.1 Å². The number of carbonyl (C=O) groups excluding carboxylic acids is 2. The summed E-state index contributed by atoms with van der Waals surface area (Å²) in [5.74, 6) is -1.21. The number of β-lactam (4-membered cyclic amide) rings is 1. The fraction of sp³-hybridized carbons (Fsp3) is 0.630. The van der Waals surface area contributed by atoms with Gasteiger partial charge in [-0.25, -0.2) is 4.98 Å². The lowest BCUT2D eigenvalue weighted by Crippen LogP contribution is -2.63. The number of hydrogen-bond acceptors (Lipinski definition) is 12. The number of hydrogen-bond donors (Lipinski definition) is 3. The topological polar surface area (TPSA) is 205 Å². The number of nitrogens with two attached hydrogens (primary N) is 2. The number of anilines is 1. The number of aromatic nitrogens is 5. The lowest BCUT2D eigenvalue weighted by Gasteiger charge is -2.52. The molecule has 2 aromatic heterocycles. The van der Waals surface area contributed by atoms with Crippen LogP contribution in [0.25, 0.3) is 5.70 Å². The first-order chi connectivity index (χ1) is 20.5. The van der Waals surface area contributed by atoms with Gasteiger partial charge in [0.05, 0.1) is 47.9 Å². The fourth-order valence-corrected chi connectivity index (χ4v) is 9.19. The summed E-state index contributed by atoms with van der Waals surface area (Å²) in [6, 6.07) is 0. The first-order valence-electron chi connectivity index (χ1n) is 14.5. The highest BCUT2D eigenvalue weighted by Crippen LogP contribution is 2.51. The molecule has 0 spiro atoms. The number of carbonyl (C=O) groups is 3. The highest BCUT2D eigenvalue weighted by atomic mass is 32.2. The molecule has 2 aromatic rings. The van der Waals surface area contributed by atoms with Crippen LogP contribution in [0.3, 0.4) is 0 Å². The van der Waals surface area contributed by atoms with Crippen molar-refractivity contribution in [2.24, 2.45) is 22.1 Å². The van der Waals surface area contributed by atoms with Crippen molar-refractivity contribution in [3.63, 3.8) is 0 Å². The van der Waals surface area contributed by atoms with Gasteiger partial charge in [-0.05, 0) is 13.8 Å². The standard InChI is InChI=1S/C27H36N10O4S2/c1-26(2,24(40)41)14-30-19(17-12-43-25(29)31-17)18(38)9-16-22(39)36-20(21-32-34-35-33-21)15(11-42-23(16)36)10-37-7-3-5-27(37,13-28)6-4-8-37/h12,16,23H,3-11,13-14,28H2,1-2H3,(H3-,29,31,32,33,34,35,40,41)/t16-,23-,27?,37?/m1/s1. The number of fused-ring (bicyclic) bond motifs is 2. The molecule has 5 N–H and O–H groups in total. The number of nitrogens with zero attached hydrogens (tertiary/aromatic N) is 8. The van der Waals surface area contributed by atoms with Crippen LogP contribution in [0.15, 0.2) is 15.9 Å². The van der Waals surface area contributed by atoms with Crippen LogP contribution in [0, 0.1) is 11.3 Å². The molecule has 4 aliphatic rings. The van der Waals surface area contributed by atoms with Gasteiger partial charge in [-0.1, -0.05) is 0 Å². The van der Waals surface area contributed by atoms with Crippen molar-refractivity contribution < 1.29 is 24.0 Å². The summed E-state index contributed by atoms with van der Waals surface area (Å²) in [4.78, 5) is 49.4. The highest BCUT2D eigenvalue weighted by Gasteiger charge is 2.59. The monoisotopic (exact) mass is 628 g/mol. The summed E-state index contributed by atoms with van der Waals surface area (Å²) in [5, 5.41) is 26.8. The first kappa shape index (κ1) is 29.8. The Hall–Kier alpha value is -3.21. The summed E-state index contributed by atoms with van der Waals surface area (Å²) in [7, 11) is 0. The number of rotatable bonds is 11. The Morgan fingerprint density at radius 2 is 2.05 bits per heavy atom. The van der Waals surface area contributed by atoms with E-state index in [0.29, 0.717) is 23.8 Å². The number of thiazole rings is 1. The molecule has 0 unspecified atom stereocenters. The Labute approximate surface area is 257 Å². The zero-order chi connectivity index (χ0) is 30.6. The van der Waals surface area contributed by atoms with Gasteiger partial charge in [-0.15, -0.1) is 23.1 Å². The number of carboxylic acids is 1. The maximum atomic E-state index is 13.8. The quantitative estimate of drug-likeness (QED) is 0.179. The minimum absolute atomic E-state index is 0.0375. The Balaban J connectivity index is 1.26. The smallest absolute Gasteiger partial charge is 0.310 e. The largest absolute Gasteiger partial charge is 0.481 e. The van der Waals surface area contributed by atoms with Gasteiger partial charge in [0.2, 0.25) is 5.91 Å². The summed E-state index contributed by atoms with van der Waals surface area (Å²) in [6.45, 7) is 6.49. The predicted octanol–water partition coefficient (Wildman–Crippen LogP) is 0.771. The minimum atomic E-state index is -1.19. The molecule has 0 radical (unpaired) electrons. The Bertz CT molecular complexity index is 1490. The van der Waals surface area contributed by atoms with Gasteiger partial charge in [0.15, 0.2) is 10.9 Å². The molecule has 0 bridgehead atoms. The molecule has 4 aliphatic heterocycles. The SMILES string of the molecule is CC(C)(CN=C(C(=O)C[C@@H]1C(=O)N2C(c3nnn[n-]3)=C(C[N+]34CCCC3(CN)CCC4)CS[C@H]12)c1csc(N)n1)C(=O)O. The van der Waals surface area contributed by atoms with Crippen LogP contribution in [0.5, 0.6) is 0 Å². The number of quaternary nitrogens is 1. The first-order valence-corrected chi connectivity index (χ1v) is 16.4. The lowest BCUT2D eigenvalue weighted by atomic mass is 9.88. The number of carboxylic acid groups (broad SMARTS) is 1. The molecular formula is C27H36N10O4S2. The second kappa shape index (κ2) is 11.1. The van der Waals surface area contributed by atoms with E-state index in [-0.39, 0.29) is 52.1 Å². The van der Waals surface area contributed by atoms with Gasteiger partial charge in [0.1, 0.15) is 23.5 Å². The predicted molar refractivity (Wildman–Crippen MR) is 161 cm³/mol. The minimum Gasteiger partial charge on any atom is -0.481 e. The third kappa shape index (κ3) is 4.97. The van der Waals surface area contributed by atoms with Gasteiger partial charge in [0.25, 0.3) is 0 Å². The molecule has 2 atom stereocenters. The molecule has 6 heterocycles. The normalized spacial score (nSPS) is 29.0. The maximum absolute atomic E-state index is 13.8. The van der Waals surface area contributed by atoms with E-state index in [2.05, 4.69) is 30.6 Å². The zero-order valence-electron chi connectivity index (χ0n) is 24.2. The molecule has 43 heavy (non-hydrogen) atoms. The third-order valence-corrected chi connectivity index (χ3v) is 11.7. The molecular weight excluding hydrogens is 592 g/mol. The summed E-state index contributed by atoms with van der Waals surface area (Å²) in [6.07, 6.45) is 4.41. The van der Waals surface area contributed by atoms with Gasteiger partial charge < -0.3 is 26.2 Å². The molecule has 0 aromatic carbocycles. The van der Waals surface area contributed by atoms with Crippen LogP contribution in [0.1, 0.15) is 57.5 Å². The molecule has 14 nitrogen and oxygen atoms in total. The van der Waals surface area contributed by atoms with E-state index in [4.69, 9.17) is 11.5 Å². The van der Waals surface area contributed by atoms with Gasteiger partial charge in [0, 0.05) is 55.4 Å². The third-order valence-electron chi connectivity index (χ3n) is 9.67. The summed E-state index contributed by atoms with van der Waals surface area (Å²) >= 11 is 2.80. The molecule has 6 rings (SSSR count). The van der Waals surface area contributed by atoms with Crippen molar-refractivity contribution in [2.75, 3.05) is 44.2 Å². The molecule has 0 aliphatic carbocycles. The summed E-state index contributed by atoms with van der Waals surface area (Å²) < 4.78 is 0.933. The van der Waals surface area contributed by atoms with Crippen molar-refractivity contribution in [3.05, 3.63) is 22.5 Å². The van der Waals surface area contributed by atoms with Crippen LogP contribution in [0.2, 0.25) is 0 Å². The van der Waals surface area contributed by atoms with Gasteiger partial charge >= 0.3 is 5.97 Å². The van der Waals surface area contributed by atoms with E-state index in [1.807, 2.05) is 0 Å². The average molecular weight is 629 g/mol. The number of nitrogen functional groups attached to an aromatic ring is 1. The van der Waals surface area contributed by atoms with Gasteiger partial charge in [-0.2, -0.15) is 5.21 Å². The van der Waals surface area contributed by atoms with Crippen molar-refractivity contribution in [2.45, 2.75) is 56.9 Å². The highest BCUT2D eigenvalue weighted by molar-refractivity contribution is 8.00. The number of thioether (sulfide) groups is 1. The number of tetrazole rings is 1. The molecule has 230 valence electrons. The zero-order valence-corrected chi connectivity index (χ0v) is 25.9. The van der Waals surface area contributed by atoms with E-state index in [0.717, 1.165) is 66.7 Å². The van der Waals surface area contributed by atoms with Crippen molar-refractivity contribution in [3.8, 4) is 0 Å². The van der Waals surface area contributed by atoms with Crippen molar-refractivity contribution >= 4 is 57.3 Å².